The van der Waals surface area contributed by atoms with E-state index in [2.05, 4.69) is 17.4 Å². The van der Waals surface area contributed by atoms with Crippen molar-refractivity contribution >= 4 is 41.4 Å². The molecule has 0 N–H and O–H groups in total. The topological polar surface area (TPSA) is 12.4 Å². The monoisotopic (exact) mass is 295 g/mol. The maximum Gasteiger partial charge on any atom is 0.0598 e. The Morgan fingerprint density at radius 2 is 1.83 bits per heavy atom. The number of hydrogen-bond acceptors (Lipinski definition) is 2. The second-order valence-corrected chi connectivity index (χ2v) is 5.41. The summed E-state index contributed by atoms with van der Waals surface area (Å²) in [4.78, 5) is 1.15. The molecule has 0 radical (unpaired) electrons. The van der Waals surface area contributed by atoms with E-state index in [1.807, 2.05) is 24.3 Å². The molecule has 4 heteroatoms. The molecular formula is C14H11Cl2NS. The Morgan fingerprint density at radius 3 is 2.56 bits per heavy atom. The first-order valence-corrected chi connectivity index (χ1v) is 6.91. The van der Waals surface area contributed by atoms with Gasteiger partial charge in [0.05, 0.1) is 10.0 Å². The van der Waals surface area contributed by atoms with Gasteiger partial charge in [-0.3, -0.25) is 0 Å². The lowest BCUT2D eigenvalue weighted by atomic mass is 10.2. The summed E-state index contributed by atoms with van der Waals surface area (Å²) in [5.74, 6) is 0. The van der Waals surface area contributed by atoms with Gasteiger partial charge in [-0.25, -0.2) is 4.40 Å². The van der Waals surface area contributed by atoms with Gasteiger partial charge in [0.2, 0.25) is 0 Å². The van der Waals surface area contributed by atoms with Crippen LogP contribution < -0.4 is 0 Å². The first-order chi connectivity index (χ1) is 8.66. The van der Waals surface area contributed by atoms with Crippen molar-refractivity contribution in [1.82, 2.24) is 0 Å². The highest BCUT2D eigenvalue weighted by Crippen LogP contribution is 2.24. The van der Waals surface area contributed by atoms with E-state index in [9.17, 15) is 0 Å². The number of benzene rings is 2. The van der Waals surface area contributed by atoms with Crippen LogP contribution in [0.2, 0.25) is 10.0 Å². The average molecular weight is 296 g/mol. The third-order valence-electron chi connectivity index (χ3n) is 2.39. The number of aryl methyl sites for hydroxylation is 1. The number of halogens is 2. The highest BCUT2D eigenvalue weighted by atomic mass is 35.5. The molecule has 0 saturated heterocycles. The van der Waals surface area contributed by atoms with Crippen molar-refractivity contribution in [2.45, 2.75) is 11.8 Å². The molecule has 2 rings (SSSR count). The summed E-state index contributed by atoms with van der Waals surface area (Å²) in [6.07, 6.45) is 1.78. The van der Waals surface area contributed by atoms with Crippen molar-refractivity contribution in [3.05, 3.63) is 63.6 Å². The molecule has 0 unspecified atom stereocenters. The molecule has 0 aromatic heterocycles. The van der Waals surface area contributed by atoms with Crippen LogP contribution in [-0.2, 0) is 0 Å². The molecule has 0 fully saturated rings. The summed E-state index contributed by atoms with van der Waals surface area (Å²) in [6.45, 7) is 2.07. The molecule has 2 aromatic rings. The van der Waals surface area contributed by atoms with Gasteiger partial charge in [0.1, 0.15) is 0 Å². The Morgan fingerprint density at radius 1 is 1.06 bits per heavy atom. The van der Waals surface area contributed by atoms with Crippen molar-refractivity contribution in [3.63, 3.8) is 0 Å². The van der Waals surface area contributed by atoms with Crippen LogP contribution in [-0.4, -0.2) is 6.21 Å². The van der Waals surface area contributed by atoms with Crippen LogP contribution in [0, 0.1) is 6.92 Å². The third-order valence-corrected chi connectivity index (χ3v) is 3.99. The van der Waals surface area contributed by atoms with Crippen molar-refractivity contribution in [3.8, 4) is 0 Å². The molecule has 92 valence electrons. The van der Waals surface area contributed by atoms with Crippen LogP contribution in [0.1, 0.15) is 11.1 Å². The lowest BCUT2D eigenvalue weighted by Gasteiger charge is -2.00. The predicted molar refractivity (Wildman–Crippen MR) is 81.1 cm³/mol. The van der Waals surface area contributed by atoms with Crippen LogP contribution >= 0.6 is 35.1 Å². The summed E-state index contributed by atoms with van der Waals surface area (Å²) >= 11 is 13.2. The van der Waals surface area contributed by atoms with Crippen LogP contribution in [0.4, 0.5) is 0 Å². The Kier molecular flexibility index (Phi) is 4.70. The summed E-state index contributed by atoms with van der Waals surface area (Å²) in [5, 5.41) is 1.10. The molecule has 0 atom stereocenters. The fourth-order valence-electron chi connectivity index (χ4n) is 1.40. The van der Waals surface area contributed by atoms with Gasteiger partial charge in [-0.15, -0.1) is 0 Å². The zero-order valence-electron chi connectivity index (χ0n) is 9.73. The quantitative estimate of drug-likeness (QED) is 0.543. The number of rotatable bonds is 3. The van der Waals surface area contributed by atoms with Gasteiger partial charge >= 0.3 is 0 Å². The highest BCUT2D eigenvalue weighted by molar-refractivity contribution is 7.98. The van der Waals surface area contributed by atoms with Crippen molar-refractivity contribution in [2.24, 2.45) is 4.40 Å². The van der Waals surface area contributed by atoms with Crippen LogP contribution in [0.3, 0.4) is 0 Å². The molecule has 0 bridgehead atoms. The maximum atomic E-state index is 5.93. The standard InChI is InChI=1S/C14H11Cl2NS/c1-10-4-2-3-5-14(10)18-17-9-11-6-7-12(15)13(16)8-11/h2-9H,1H3/b17-9+. The normalized spacial score (nSPS) is 11.1. The largest absolute Gasteiger partial charge is 0.219 e. The van der Waals surface area contributed by atoms with Crippen LogP contribution in [0.15, 0.2) is 51.8 Å². The van der Waals surface area contributed by atoms with E-state index in [-0.39, 0.29) is 0 Å². The second kappa shape index (κ2) is 6.28. The third kappa shape index (κ3) is 3.52. The van der Waals surface area contributed by atoms with E-state index >= 15 is 0 Å². The molecular weight excluding hydrogens is 285 g/mol. The molecule has 0 aliphatic carbocycles. The minimum atomic E-state index is 0.543. The van der Waals surface area contributed by atoms with Crippen molar-refractivity contribution < 1.29 is 0 Å². The Bertz CT molecular complexity index is 582. The predicted octanol–water partition coefficient (Wildman–Crippen LogP) is 5.43. The molecule has 0 aliphatic heterocycles. The van der Waals surface area contributed by atoms with Gasteiger partial charge < -0.3 is 0 Å². The lowest BCUT2D eigenvalue weighted by molar-refractivity contribution is 1.30. The van der Waals surface area contributed by atoms with Gasteiger partial charge in [-0.1, -0.05) is 47.5 Å². The molecule has 1 nitrogen and oxygen atoms in total. The fraction of sp³-hybridized carbons (Fsp3) is 0.0714. The molecule has 0 aliphatic rings. The molecule has 2 aromatic carbocycles. The molecule has 0 spiro atoms. The average Bonchev–Trinajstić information content (AvgIpc) is 2.36. The van der Waals surface area contributed by atoms with E-state index in [1.54, 1.807) is 18.3 Å². The SMILES string of the molecule is Cc1ccccc1S/N=C/c1ccc(Cl)c(Cl)c1. The second-order valence-electron chi connectivity index (χ2n) is 3.76. The smallest absolute Gasteiger partial charge is 0.0598 e. The Hall–Kier alpha value is -0.960. The van der Waals surface area contributed by atoms with E-state index < -0.39 is 0 Å². The summed E-state index contributed by atoms with van der Waals surface area (Å²) in [7, 11) is 0. The van der Waals surface area contributed by atoms with Crippen LogP contribution in [0.5, 0.6) is 0 Å². The highest BCUT2D eigenvalue weighted by Gasteiger charge is 1.98. The minimum absolute atomic E-state index is 0.543. The molecule has 0 heterocycles. The maximum absolute atomic E-state index is 5.93. The molecule has 0 amide bonds. The van der Waals surface area contributed by atoms with Gasteiger partial charge in [0, 0.05) is 23.1 Å². The van der Waals surface area contributed by atoms with Gasteiger partial charge in [0.25, 0.3) is 0 Å². The Balaban J connectivity index is 2.08. The Labute approximate surface area is 121 Å². The van der Waals surface area contributed by atoms with Crippen LogP contribution in [0.25, 0.3) is 0 Å². The van der Waals surface area contributed by atoms with E-state index in [1.165, 1.54) is 17.5 Å². The van der Waals surface area contributed by atoms with Gasteiger partial charge in [-0.05, 0) is 36.2 Å². The van der Waals surface area contributed by atoms with E-state index in [4.69, 9.17) is 23.2 Å². The zero-order chi connectivity index (χ0) is 13.0. The summed E-state index contributed by atoms with van der Waals surface area (Å²) < 4.78 is 4.33. The summed E-state index contributed by atoms with van der Waals surface area (Å²) in [5.41, 5.74) is 2.15. The summed E-state index contributed by atoms with van der Waals surface area (Å²) in [6, 6.07) is 13.6. The van der Waals surface area contributed by atoms with E-state index in [0.717, 1.165) is 10.5 Å². The number of nitrogens with zero attached hydrogens (tertiary/aromatic N) is 1. The number of hydrogen-bond donors (Lipinski definition) is 0. The van der Waals surface area contributed by atoms with Gasteiger partial charge in [0.15, 0.2) is 0 Å². The molecule has 18 heavy (non-hydrogen) atoms. The van der Waals surface area contributed by atoms with Crippen molar-refractivity contribution in [1.29, 1.82) is 0 Å². The van der Waals surface area contributed by atoms with Crippen molar-refractivity contribution in [2.75, 3.05) is 0 Å². The lowest BCUT2D eigenvalue weighted by Crippen LogP contribution is -1.81. The zero-order valence-corrected chi connectivity index (χ0v) is 12.1. The van der Waals surface area contributed by atoms with E-state index in [0.29, 0.717) is 10.0 Å². The van der Waals surface area contributed by atoms with Gasteiger partial charge in [-0.2, -0.15) is 0 Å². The first kappa shape index (κ1) is 13.5. The fourth-order valence-corrected chi connectivity index (χ4v) is 2.34. The minimum Gasteiger partial charge on any atom is -0.219 e. The first-order valence-electron chi connectivity index (χ1n) is 5.38. The molecule has 0 saturated carbocycles.